The van der Waals surface area contributed by atoms with Gasteiger partial charge in [0.15, 0.2) is 0 Å². The zero-order chi connectivity index (χ0) is 12.3. The Morgan fingerprint density at radius 1 is 1.47 bits per heavy atom. The van der Waals surface area contributed by atoms with Crippen LogP contribution in [0.5, 0.6) is 0 Å². The van der Waals surface area contributed by atoms with E-state index in [0.717, 1.165) is 11.3 Å². The molecule has 1 aromatic rings. The van der Waals surface area contributed by atoms with Crippen LogP contribution in [0.3, 0.4) is 0 Å². The Balaban J connectivity index is 2.11. The van der Waals surface area contributed by atoms with Crippen molar-refractivity contribution in [3.05, 3.63) is 17.5 Å². The number of hydrogen-bond donors (Lipinski definition) is 1. The average Bonchev–Trinajstić information content (AvgIpc) is 2.69. The maximum atomic E-state index is 10.6. The van der Waals surface area contributed by atoms with E-state index in [1.54, 1.807) is 0 Å². The molecule has 17 heavy (non-hydrogen) atoms. The summed E-state index contributed by atoms with van der Waals surface area (Å²) >= 11 is 0. The lowest BCUT2D eigenvalue weighted by Crippen LogP contribution is -2.08. The van der Waals surface area contributed by atoms with Gasteiger partial charge in [-0.1, -0.05) is 19.3 Å². The van der Waals surface area contributed by atoms with Gasteiger partial charge in [-0.3, -0.25) is 9.48 Å². The van der Waals surface area contributed by atoms with Gasteiger partial charge in [-0.15, -0.1) is 0 Å². The van der Waals surface area contributed by atoms with Crippen LogP contribution in [0.4, 0.5) is 0 Å². The summed E-state index contributed by atoms with van der Waals surface area (Å²) in [5.74, 6) is -0.183. The Hall–Kier alpha value is -1.32. The highest BCUT2D eigenvalue weighted by Gasteiger charge is 2.21. The first-order valence-corrected chi connectivity index (χ1v) is 6.41. The first-order valence-electron chi connectivity index (χ1n) is 6.41. The molecular weight excluding hydrogens is 216 g/mol. The minimum atomic E-state index is -0.733. The first kappa shape index (κ1) is 12.1. The summed E-state index contributed by atoms with van der Waals surface area (Å²) in [4.78, 5) is 10.6. The van der Waals surface area contributed by atoms with Crippen molar-refractivity contribution in [1.82, 2.24) is 9.78 Å². The van der Waals surface area contributed by atoms with Gasteiger partial charge >= 0.3 is 5.97 Å². The fourth-order valence-corrected chi connectivity index (χ4v) is 2.71. The third kappa shape index (κ3) is 3.08. The molecule has 0 bridgehead atoms. The molecule has 0 unspecified atom stereocenters. The number of aliphatic carboxylic acids is 1. The van der Waals surface area contributed by atoms with Gasteiger partial charge in [-0.05, 0) is 24.8 Å². The first-order chi connectivity index (χ1) is 8.16. The zero-order valence-electron chi connectivity index (χ0n) is 10.4. The third-order valence-corrected chi connectivity index (χ3v) is 3.54. The minimum absolute atomic E-state index is 0.200. The molecule has 94 valence electrons. The van der Waals surface area contributed by atoms with Gasteiger partial charge in [0.05, 0.1) is 5.69 Å². The van der Waals surface area contributed by atoms with Crippen LogP contribution < -0.4 is 0 Å². The van der Waals surface area contributed by atoms with Crippen LogP contribution in [-0.4, -0.2) is 20.9 Å². The maximum absolute atomic E-state index is 10.6. The van der Waals surface area contributed by atoms with Gasteiger partial charge in [-0.2, -0.15) is 5.10 Å². The number of carbonyl (C=O) groups is 1. The quantitative estimate of drug-likeness (QED) is 0.873. The highest BCUT2D eigenvalue weighted by Crippen LogP contribution is 2.33. The van der Waals surface area contributed by atoms with Crippen LogP contribution in [0.15, 0.2) is 6.20 Å². The number of aryl methyl sites for hydroxylation is 2. The van der Waals surface area contributed by atoms with E-state index in [9.17, 15) is 4.79 Å². The minimum Gasteiger partial charge on any atom is -0.481 e. The average molecular weight is 236 g/mol. The molecule has 1 aliphatic rings. The third-order valence-electron chi connectivity index (χ3n) is 3.54. The maximum Gasteiger partial charge on any atom is 0.303 e. The lowest BCUT2D eigenvalue weighted by Gasteiger charge is -2.20. The van der Waals surface area contributed by atoms with Gasteiger partial charge < -0.3 is 5.11 Å². The normalized spacial score (nSPS) is 17.2. The standard InChI is InChI=1S/C13H20N2O2/c1-15-9-11(7-8-12(16)17)13(14-15)10-5-3-2-4-6-10/h9-10H,2-8H2,1H3,(H,16,17). The molecule has 4 heteroatoms. The second-order valence-electron chi connectivity index (χ2n) is 4.94. The van der Waals surface area contributed by atoms with E-state index >= 15 is 0 Å². The van der Waals surface area contributed by atoms with Gasteiger partial charge in [-0.25, -0.2) is 0 Å². The molecule has 1 aromatic heterocycles. The van der Waals surface area contributed by atoms with Crippen LogP contribution in [0.25, 0.3) is 0 Å². The van der Waals surface area contributed by atoms with E-state index < -0.39 is 5.97 Å². The Kier molecular flexibility index (Phi) is 3.82. The predicted molar refractivity (Wildman–Crippen MR) is 65.0 cm³/mol. The summed E-state index contributed by atoms with van der Waals surface area (Å²) in [5, 5.41) is 13.3. The lowest BCUT2D eigenvalue weighted by molar-refractivity contribution is -0.136. The molecule has 0 amide bonds. The molecule has 1 N–H and O–H groups in total. The number of hydrogen-bond acceptors (Lipinski definition) is 2. The monoisotopic (exact) mass is 236 g/mol. The van der Waals surface area contributed by atoms with E-state index in [2.05, 4.69) is 5.10 Å². The summed E-state index contributed by atoms with van der Waals surface area (Å²) in [7, 11) is 1.91. The molecular formula is C13H20N2O2. The topological polar surface area (TPSA) is 55.1 Å². The number of nitrogens with zero attached hydrogens (tertiary/aromatic N) is 2. The fourth-order valence-electron chi connectivity index (χ4n) is 2.71. The van der Waals surface area contributed by atoms with Crippen molar-refractivity contribution in [3.63, 3.8) is 0 Å². The van der Waals surface area contributed by atoms with E-state index in [1.807, 2.05) is 17.9 Å². The van der Waals surface area contributed by atoms with E-state index in [1.165, 1.54) is 32.1 Å². The summed E-state index contributed by atoms with van der Waals surface area (Å²) in [6.45, 7) is 0. The van der Waals surface area contributed by atoms with Crippen molar-refractivity contribution in [2.45, 2.75) is 50.9 Å². The number of carboxylic acids is 1. The molecule has 4 nitrogen and oxygen atoms in total. The smallest absolute Gasteiger partial charge is 0.303 e. The van der Waals surface area contributed by atoms with Crippen molar-refractivity contribution >= 4 is 5.97 Å². The molecule has 0 atom stereocenters. The largest absolute Gasteiger partial charge is 0.481 e. The van der Waals surface area contributed by atoms with Gasteiger partial charge in [0.1, 0.15) is 0 Å². The molecule has 0 radical (unpaired) electrons. The molecule has 2 rings (SSSR count). The molecule has 1 aliphatic carbocycles. The van der Waals surface area contributed by atoms with Crippen molar-refractivity contribution in [3.8, 4) is 0 Å². The lowest BCUT2D eigenvalue weighted by atomic mass is 9.85. The fraction of sp³-hybridized carbons (Fsp3) is 0.692. The highest BCUT2D eigenvalue weighted by molar-refractivity contribution is 5.67. The van der Waals surface area contributed by atoms with Crippen molar-refractivity contribution in [2.24, 2.45) is 7.05 Å². The van der Waals surface area contributed by atoms with Crippen LogP contribution in [0.2, 0.25) is 0 Å². The Morgan fingerprint density at radius 3 is 2.82 bits per heavy atom. The molecule has 1 fully saturated rings. The summed E-state index contributed by atoms with van der Waals surface area (Å²) in [6, 6.07) is 0. The highest BCUT2D eigenvalue weighted by atomic mass is 16.4. The zero-order valence-corrected chi connectivity index (χ0v) is 10.4. The van der Waals surface area contributed by atoms with Crippen molar-refractivity contribution in [1.29, 1.82) is 0 Å². The predicted octanol–water partition coefficient (Wildman–Crippen LogP) is 2.49. The van der Waals surface area contributed by atoms with Crippen molar-refractivity contribution in [2.75, 3.05) is 0 Å². The second kappa shape index (κ2) is 5.34. The molecule has 0 saturated heterocycles. The second-order valence-corrected chi connectivity index (χ2v) is 4.94. The molecule has 0 aliphatic heterocycles. The SMILES string of the molecule is Cn1cc(CCC(=O)O)c(C2CCCCC2)n1. The Bertz CT molecular complexity index is 392. The van der Waals surface area contributed by atoms with Crippen LogP contribution >= 0.6 is 0 Å². The van der Waals surface area contributed by atoms with Crippen LogP contribution in [0, 0.1) is 0 Å². The number of aromatic nitrogens is 2. The number of carboxylic acid groups (broad SMARTS) is 1. The van der Waals surface area contributed by atoms with Crippen molar-refractivity contribution < 1.29 is 9.90 Å². The van der Waals surface area contributed by atoms with Gasteiger partial charge in [0, 0.05) is 25.6 Å². The molecule has 1 heterocycles. The Morgan fingerprint density at radius 2 is 2.18 bits per heavy atom. The Labute approximate surface area is 102 Å². The summed E-state index contributed by atoms with van der Waals surface area (Å²) < 4.78 is 1.82. The van der Waals surface area contributed by atoms with E-state index in [0.29, 0.717) is 12.3 Å². The molecule has 0 aromatic carbocycles. The summed E-state index contributed by atoms with van der Waals surface area (Å²) in [5.41, 5.74) is 2.27. The number of rotatable bonds is 4. The molecule has 1 saturated carbocycles. The van der Waals surface area contributed by atoms with E-state index in [4.69, 9.17) is 5.11 Å². The van der Waals surface area contributed by atoms with Crippen LogP contribution in [0.1, 0.15) is 55.7 Å². The van der Waals surface area contributed by atoms with Crippen LogP contribution in [-0.2, 0) is 18.3 Å². The summed E-state index contributed by atoms with van der Waals surface area (Å²) in [6.07, 6.45) is 9.08. The van der Waals surface area contributed by atoms with E-state index in [-0.39, 0.29) is 6.42 Å². The van der Waals surface area contributed by atoms with Gasteiger partial charge in [0.2, 0.25) is 0 Å². The van der Waals surface area contributed by atoms with Gasteiger partial charge in [0.25, 0.3) is 0 Å². The molecule has 0 spiro atoms.